The van der Waals surface area contributed by atoms with Crippen molar-refractivity contribution in [1.29, 1.82) is 0 Å². The van der Waals surface area contributed by atoms with Gasteiger partial charge in [0.05, 0.1) is 18.8 Å². The largest absolute Gasteiger partial charge is 0.494 e. The van der Waals surface area contributed by atoms with Gasteiger partial charge in [0, 0.05) is 12.5 Å². The number of benzene rings is 2. The number of hydrogen-bond acceptors (Lipinski definition) is 5. The number of ether oxygens (including phenoxy) is 2. The van der Waals surface area contributed by atoms with Gasteiger partial charge in [0.1, 0.15) is 16.5 Å². The Balaban J connectivity index is 1.63. The molecule has 146 valence electrons. The molecule has 1 N–H and O–H groups in total. The number of nitrogens with zero attached hydrogens (tertiary/aromatic N) is 1. The summed E-state index contributed by atoms with van der Waals surface area (Å²) in [5.41, 5.74) is 2.06. The Morgan fingerprint density at radius 2 is 1.79 bits per heavy atom. The molecular formula is C22H24N2O3S. The fraction of sp³-hybridized carbons (Fsp3) is 0.273. The van der Waals surface area contributed by atoms with Crippen molar-refractivity contribution in [1.82, 2.24) is 10.3 Å². The fourth-order valence-corrected chi connectivity index (χ4v) is 3.48. The molecule has 3 aromatic rings. The van der Waals surface area contributed by atoms with Gasteiger partial charge >= 0.3 is 0 Å². The van der Waals surface area contributed by atoms with Crippen LogP contribution in [0, 0.1) is 0 Å². The van der Waals surface area contributed by atoms with Crippen molar-refractivity contribution in [3.63, 3.8) is 0 Å². The third kappa shape index (κ3) is 5.33. The minimum atomic E-state index is -0.0463. The molecular weight excluding hydrogens is 372 g/mol. The van der Waals surface area contributed by atoms with Crippen LogP contribution >= 0.6 is 11.3 Å². The monoisotopic (exact) mass is 396 g/mol. The number of amides is 1. The molecule has 0 saturated heterocycles. The predicted octanol–water partition coefficient (Wildman–Crippen LogP) is 5.59. The van der Waals surface area contributed by atoms with E-state index < -0.39 is 0 Å². The van der Waals surface area contributed by atoms with Crippen molar-refractivity contribution >= 4 is 17.2 Å². The summed E-state index contributed by atoms with van der Waals surface area (Å²) in [6.45, 7) is 6.27. The summed E-state index contributed by atoms with van der Waals surface area (Å²) >= 11 is 1.49. The lowest BCUT2D eigenvalue weighted by Gasteiger charge is -2.13. The first-order chi connectivity index (χ1) is 13.5. The van der Waals surface area contributed by atoms with E-state index in [9.17, 15) is 4.79 Å². The maximum atomic E-state index is 11.2. The summed E-state index contributed by atoms with van der Waals surface area (Å²) < 4.78 is 11.5. The second-order valence-corrected chi connectivity index (χ2v) is 7.44. The van der Waals surface area contributed by atoms with Gasteiger partial charge < -0.3 is 14.8 Å². The van der Waals surface area contributed by atoms with E-state index >= 15 is 0 Å². The Labute approximate surface area is 169 Å². The van der Waals surface area contributed by atoms with Gasteiger partial charge in [0.25, 0.3) is 0 Å². The third-order valence-corrected chi connectivity index (χ3v) is 5.00. The molecule has 0 bridgehead atoms. The quantitative estimate of drug-likeness (QED) is 0.539. The van der Waals surface area contributed by atoms with Gasteiger partial charge in [-0.25, -0.2) is 4.98 Å². The van der Waals surface area contributed by atoms with E-state index in [1.165, 1.54) is 18.3 Å². The van der Waals surface area contributed by atoms with Crippen LogP contribution in [0.15, 0.2) is 54.7 Å². The Morgan fingerprint density at radius 3 is 2.43 bits per heavy atom. The summed E-state index contributed by atoms with van der Waals surface area (Å²) in [7, 11) is 0. The van der Waals surface area contributed by atoms with Crippen LogP contribution in [0.3, 0.4) is 0 Å². The van der Waals surface area contributed by atoms with Crippen LogP contribution in [0.5, 0.6) is 16.6 Å². The SMILES string of the molecule is CCCOc1ccc(-c2ncc(Oc3ccc(C(C)NC(C)=O)cc3)s2)cc1. The second-order valence-electron chi connectivity index (χ2n) is 6.45. The number of nitrogens with one attached hydrogen (secondary N) is 1. The lowest BCUT2D eigenvalue weighted by Crippen LogP contribution is -2.23. The lowest BCUT2D eigenvalue weighted by molar-refractivity contribution is -0.119. The summed E-state index contributed by atoms with van der Waals surface area (Å²) in [4.78, 5) is 15.6. The molecule has 0 radical (unpaired) electrons. The number of thiazole rings is 1. The van der Waals surface area contributed by atoms with Crippen molar-refractivity contribution in [2.75, 3.05) is 6.61 Å². The predicted molar refractivity (Wildman–Crippen MR) is 112 cm³/mol. The topological polar surface area (TPSA) is 60.5 Å². The fourth-order valence-electron chi connectivity index (χ4n) is 2.68. The minimum Gasteiger partial charge on any atom is -0.494 e. The van der Waals surface area contributed by atoms with Gasteiger partial charge in [-0.15, -0.1) is 0 Å². The van der Waals surface area contributed by atoms with Gasteiger partial charge in [-0.1, -0.05) is 30.4 Å². The molecule has 0 spiro atoms. The second kappa shape index (κ2) is 9.37. The number of rotatable bonds is 8. The van der Waals surface area contributed by atoms with Crippen molar-refractivity contribution in [3.8, 4) is 27.1 Å². The summed E-state index contributed by atoms with van der Waals surface area (Å²) in [5.74, 6) is 1.56. The molecule has 0 aliphatic rings. The highest BCUT2D eigenvalue weighted by Gasteiger charge is 2.09. The van der Waals surface area contributed by atoms with Gasteiger partial charge in [-0.3, -0.25) is 4.79 Å². The summed E-state index contributed by atoms with van der Waals surface area (Å²) in [6.07, 6.45) is 2.72. The van der Waals surface area contributed by atoms with E-state index in [0.29, 0.717) is 0 Å². The van der Waals surface area contributed by atoms with E-state index in [1.807, 2.05) is 55.5 Å². The molecule has 6 heteroatoms. The Morgan fingerprint density at radius 1 is 1.11 bits per heavy atom. The number of aromatic nitrogens is 1. The Bertz CT molecular complexity index is 904. The van der Waals surface area contributed by atoms with Crippen molar-refractivity contribution in [2.24, 2.45) is 0 Å². The molecule has 0 fully saturated rings. The summed E-state index contributed by atoms with van der Waals surface area (Å²) in [6, 6.07) is 15.6. The van der Waals surface area contributed by atoms with E-state index in [-0.39, 0.29) is 11.9 Å². The van der Waals surface area contributed by atoms with E-state index in [1.54, 1.807) is 6.20 Å². The highest BCUT2D eigenvalue weighted by molar-refractivity contribution is 7.16. The zero-order chi connectivity index (χ0) is 19.9. The molecule has 0 saturated carbocycles. The molecule has 28 heavy (non-hydrogen) atoms. The van der Waals surface area contributed by atoms with E-state index in [2.05, 4.69) is 17.2 Å². The van der Waals surface area contributed by atoms with Crippen LogP contribution in [-0.4, -0.2) is 17.5 Å². The first-order valence-corrected chi connectivity index (χ1v) is 10.1. The lowest BCUT2D eigenvalue weighted by atomic mass is 10.1. The highest BCUT2D eigenvalue weighted by Crippen LogP contribution is 2.34. The molecule has 5 nitrogen and oxygen atoms in total. The highest BCUT2D eigenvalue weighted by atomic mass is 32.1. The average Bonchev–Trinajstić information content (AvgIpc) is 3.15. The molecule has 1 unspecified atom stereocenters. The zero-order valence-corrected chi connectivity index (χ0v) is 17.1. The van der Waals surface area contributed by atoms with Crippen LogP contribution in [0.2, 0.25) is 0 Å². The first kappa shape index (κ1) is 19.9. The van der Waals surface area contributed by atoms with Crippen LogP contribution in [-0.2, 0) is 4.79 Å². The number of hydrogen-bond donors (Lipinski definition) is 1. The standard InChI is InChI=1S/C22H24N2O3S/c1-4-13-26-19-9-7-18(8-10-19)22-23-14-21(28-22)27-20-11-5-17(6-12-20)15(2)24-16(3)25/h5-12,14-15H,4,13H2,1-3H3,(H,24,25). The van der Waals surface area contributed by atoms with E-state index in [4.69, 9.17) is 9.47 Å². The maximum absolute atomic E-state index is 11.2. The van der Waals surface area contributed by atoms with Crippen molar-refractivity contribution < 1.29 is 14.3 Å². The van der Waals surface area contributed by atoms with E-state index in [0.717, 1.165) is 45.7 Å². The smallest absolute Gasteiger partial charge is 0.217 e. The van der Waals surface area contributed by atoms with Gasteiger partial charge in [0.2, 0.25) is 11.0 Å². The van der Waals surface area contributed by atoms with Crippen molar-refractivity contribution in [3.05, 3.63) is 60.3 Å². The van der Waals surface area contributed by atoms with Crippen LogP contribution in [0.25, 0.3) is 10.6 Å². The molecule has 1 heterocycles. The van der Waals surface area contributed by atoms with Crippen LogP contribution in [0.4, 0.5) is 0 Å². The molecule has 1 amide bonds. The van der Waals surface area contributed by atoms with Crippen molar-refractivity contribution in [2.45, 2.75) is 33.2 Å². The zero-order valence-electron chi connectivity index (χ0n) is 16.3. The minimum absolute atomic E-state index is 0.0363. The number of carbonyl (C=O) groups excluding carboxylic acids is 1. The third-order valence-electron chi connectivity index (χ3n) is 4.08. The van der Waals surface area contributed by atoms with Gasteiger partial charge in [-0.05, 0) is 55.3 Å². The molecule has 1 aromatic heterocycles. The Kier molecular flexibility index (Phi) is 6.66. The van der Waals surface area contributed by atoms with Crippen LogP contribution in [0.1, 0.15) is 38.8 Å². The molecule has 0 aliphatic heterocycles. The van der Waals surface area contributed by atoms with Gasteiger partial charge in [-0.2, -0.15) is 0 Å². The Hall–Kier alpha value is -2.86. The first-order valence-electron chi connectivity index (χ1n) is 9.29. The van der Waals surface area contributed by atoms with Crippen LogP contribution < -0.4 is 14.8 Å². The number of carbonyl (C=O) groups is 1. The normalized spacial score (nSPS) is 11.7. The molecule has 3 rings (SSSR count). The molecule has 1 atom stereocenters. The molecule has 2 aromatic carbocycles. The molecule has 0 aliphatic carbocycles. The van der Waals surface area contributed by atoms with Gasteiger partial charge in [0.15, 0.2) is 0 Å². The maximum Gasteiger partial charge on any atom is 0.217 e. The summed E-state index contributed by atoms with van der Waals surface area (Å²) in [5, 5.41) is 4.49. The average molecular weight is 397 g/mol.